The Kier molecular flexibility index (Phi) is 5.06. The molecule has 1 aromatic carbocycles. The molecule has 0 amide bonds. The van der Waals surface area contributed by atoms with Gasteiger partial charge in [0.05, 0.1) is 13.7 Å². The van der Waals surface area contributed by atoms with Crippen LogP contribution in [0.25, 0.3) is 0 Å². The van der Waals surface area contributed by atoms with Crippen LogP contribution in [0.1, 0.15) is 31.2 Å². The normalized spacial score (nSPS) is 26.8. The summed E-state index contributed by atoms with van der Waals surface area (Å²) in [6.45, 7) is 1.25. The molecule has 1 N–H and O–H groups in total. The first-order valence-corrected chi connectivity index (χ1v) is 7.52. The van der Waals surface area contributed by atoms with Gasteiger partial charge in [-0.15, -0.1) is 0 Å². The van der Waals surface area contributed by atoms with E-state index in [1.54, 1.807) is 7.11 Å². The van der Waals surface area contributed by atoms with E-state index in [1.165, 1.54) is 24.8 Å². The molecule has 0 heterocycles. The standard InChI is InChI=1S/C17H27NO2/c1-18(2)12-15-7-4-5-10-17(15,13-19)14-8-6-9-16(11-14)20-3/h6,8-9,11,15,19H,4-5,7,10,12-13H2,1-3H3/t15-,17+/m0/s1. The zero-order valence-electron chi connectivity index (χ0n) is 12.9. The fraction of sp³-hybridized carbons (Fsp3) is 0.647. The summed E-state index contributed by atoms with van der Waals surface area (Å²) in [5.74, 6) is 1.38. The summed E-state index contributed by atoms with van der Waals surface area (Å²) in [4.78, 5) is 2.24. The maximum absolute atomic E-state index is 10.2. The predicted molar refractivity (Wildman–Crippen MR) is 82.3 cm³/mol. The van der Waals surface area contributed by atoms with Crippen molar-refractivity contribution in [3.8, 4) is 5.75 Å². The second-order valence-electron chi connectivity index (χ2n) is 6.25. The summed E-state index contributed by atoms with van der Waals surface area (Å²) >= 11 is 0. The molecule has 3 heteroatoms. The van der Waals surface area contributed by atoms with Crippen molar-refractivity contribution in [2.45, 2.75) is 31.1 Å². The lowest BCUT2D eigenvalue weighted by Crippen LogP contribution is -2.45. The van der Waals surface area contributed by atoms with Crippen LogP contribution in [-0.2, 0) is 5.41 Å². The molecule has 0 aliphatic heterocycles. The van der Waals surface area contributed by atoms with E-state index in [4.69, 9.17) is 4.74 Å². The molecule has 1 fully saturated rings. The van der Waals surface area contributed by atoms with Crippen molar-refractivity contribution in [1.29, 1.82) is 0 Å². The summed E-state index contributed by atoms with van der Waals surface area (Å²) in [6.07, 6.45) is 4.72. The highest BCUT2D eigenvalue weighted by Gasteiger charge is 2.41. The van der Waals surface area contributed by atoms with Gasteiger partial charge in [0, 0.05) is 12.0 Å². The number of methoxy groups -OCH3 is 1. The molecule has 0 aromatic heterocycles. The average molecular weight is 277 g/mol. The summed E-state index contributed by atoms with van der Waals surface area (Å²) in [5.41, 5.74) is 1.11. The first kappa shape index (κ1) is 15.3. The number of hydrogen-bond donors (Lipinski definition) is 1. The van der Waals surface area contributed by atoms with Crippen LogP contribution in [0.4, 0.5) is 0 Å². The molecule has 112 valence electrons. The van der Waals surface area contributed by atoms with Crippen molar-refractivity contribution in [3.05, 3.63) is 29.8 Å². The molecule has 1 aliphatic rings. The Morgan fingerprint density at radius 2 is 2.15 bits per heavy atom. The third-order valence-corrected chi connectivity index (χ3v) is 4.72. The minimum atomic E-state index is -0.114. The first-order valence-electron chi connectivity index (χ1n) is 7.52. The second kappa shape index (κ2) is 6.59. The fourth-order valence-electron chi connectivity index (χ4n) is 3.63. The Balaban J connectivity index is 2.37. The maximum atomic E-state index is 10.2. The molecule has 2 rings (SSSR count). The molecule has 0 unspecified atom stereocenters. The Morgan fingerprint density at radius 3 is 2.80 bits per heavy atom. The van der Waals surface area contributed by atoms with Crippen LogP contribution in [-0.4, -0.2) is 44.4 Å². The number of aliphatic hydroxyl groups is 1. The monoisotopic (exact) mass is 277 g/mol. The highest BCUT2D eigenvalue weighted by molar-refractivity contribution is 5.35. The fourth-order valence-corrected chi connectivity index (χ4v) is 3.63. The average Bonchev–Trinajstić information content (AvgIpc) is 2.47. The van der Waals surface area contributed by atoms with Gasteiger partial charge in [-0.3, -0.25) is 0 Å². The summed E-state index contributed by atoms with van der Waals surface area (Å²) in [7, 11) is 5.92. The third kappa shape index (κ3) is 2.99. The van der Waals surface area contributed by atoms with Gasteiger partial charge in [0.25, 0.3) is 0 Å². The van der Waals surface area contributed by atoms with Crippen LogP contribution < -0.4 is 4.74 Å². The zero-order chi connectivity index (χ0) is 14.6. The Bertz CT molecular complexity index is 433. The van der Waals surface area contributed by atoms with Gasteiger partial charge in [0.15, 0.2) is 0 Å². The van der Waals surface area contributed by atoms with Gasteiger partial charge in [-0.1, -0.05) is 25.0 Å². The maximum Gasteiger partial charge on any atom is 0.119 e. The van der Waals surface area contributed by atoms with Crippen molar-refractivity contribution in [2.75, 3.05) is 34.4 Å². The zero-order valence-corrected chi connectivity index (χ0v) is 12.9. The molecule has 2 atom stereocenters. The van der Waals surface area contributed by atoms with Gasteiger partial charge in [-0.2, -0.15) is 0 Å². The highest BCUT2D eigenvalue weighted by Crippen LogP contribution is 2.44. The van der Waals surface area contributed by atoms with E-state index in [2.05, 4.69) is 31.1 Å². The summed E-state index contributed by atoms with van der Waals surface area (Å²) in [6, 6.07) is 8.25. The van der Waals surface area contributed by atoms with Crippen molar-refractivity contribution >= 4 is 0 Å². The van der Waals surface area contributed by atoms with Crippen molar-refractivity contribution in [3.63, 3.8) is 0 Å². The molecule has 0 saturated heterocycles. The van der Waals surface area contributed by atoms with Crippen LogP contribution in [0.5, 0.6) is 5.75 Å². The van der Waals surface area contributed by atoms with Gasteiger partial charge in [-0.05, 0) is 50.6 Å². The van der Waals surface area contributed by atoms with Gasteiger partial charge < -0.3 is 14.7 Å². The van der Waals surface area contributed by atoms with E-state index in [9.17, 15) is 5.11 Å². The number of aliphatic hydroxyl groups excluding tert-OH is 1. The molecule has 3 nitrogen and oxygen atoms in total. The van der Waals surface area contributed by atoms with Crippen LogP contribution in [0.3, 0.4) is 0 Å². The lowest BCUT2D eigenvalue weighted by molar-refractivity contribution is 0.0769. The van der Waals surface area contributed by atoms with Crippen LogP contribution in [0, 0.1) is 5.92 Å². The van der Waals surface area contributed by atoms with Crippen LogP contribution in [0.2, 0.25) is 0 Å². The molecular formula is C17H27NO2. The Hall–Kier alpha value is -1.06. The van der Waals surface area contributed by atoms with Gasteiger partial charge in [0.2, 0.25) is 0 Å². The highest BCUT2D eigenvalue weighted by atomic mass is 16.5. The summed E-state index contributed by atoms with van der Waals surface area (Å²) < 4.78 is 5.36. The minimum absolute atomic E-state index is 0.114. The Labute approximate surface area is 122 Å². The van der Waals surface area contributed by atoms with Crippen molar-refractivity contribution in [1.82, 2.24) is 4.90 Å². The van der Waals surface area contributed by atoms with E-state index in [0.29, 0.717) is 5.92 Å². The molecule has 0 spiro atoms. The molecular weight excluding hydrogens is 250 g/mol. The van der Waals surface area contributed by atoms with E-state index in [1.807, 2.05) is 12.1 Å². The van der Waals surface area contributed by atoms with E-state index >= 15 is 0 Å². The number of hydrogen-bond acceptors (Lipinski definition) is 3. The molecule has 0 bridgehead atoms. The SMILES string of the molecule is COc1cccc([C@]2(CO)CCCC[C@H]2CN(C)C)c1. The summed E-state index contributed by atoms with van der Waals surface area (Å²) in [5, 5.41) is 10.2. The smallest absolute Gasteiger partial charge is 0.119 e. The Morgan fingerprint density at radius 1 is 1.35 bits per heavy atom. The minimum Gasteiger partial charge on any atom is -0.497 e. The topological polar surface area (TPSA) is 32.7 Å². The molecule has 1 aromatic rings. The second-order valence-corrected chi connectivity index (χ2v) is 6.25. The van der Waals surface area contributed by atoms with Gasteiger partial charge in [0.1, 0.15) is 5.75 Å². The molecule has 1 aliphatic carbocycles. The quantitative estimate of drug-likeness (QED) is 0.898. The molecule has 0 radical (unpaired) electrons. The lowest BCUT2D eigenvalue weighted by atomic mass is 9.62. The van der Waals surface area contributed by atoms with Gasteiger partial charge in [-0.25, -0.2) is 0 Å². The van der Waals surface area contributed by atoms with E-state index in [-0.39, 0.29) is 12.0 Å². The van der Waals surface area contributed by atoms with Crippen molar-refractivity contribution in [2.24, 2.45) is 5.92 Å². The third-order valence-electron chi connectivity index (χ3n) is 4.72. The van der Waals surface area contributed by atoms with Crippen LogP contribution >= 0.6 is 0 Å². The number of rotatable bonds is 5. The largest absolute Gasteiger partial charge is 0.497 e. The predicted octanol–water partition coefficient (Wildman–Crippen LogP) is 2.68. The number of nitrogens with zero attached hydrogens (tertiary/aromatic N) is 1. The first-order chi connectivity index (χ1) is 9.62. The van der Waals surface area contributed by atoms with E-state index in [0.717, 1.165) is 18.7 Å². The van der Waals surface area contributed by atoms with Gasteiger partial charge >= 0.3 is 0 Å². The number of benzene rings is 1. The molecule has 20 heavy (non-hydrogen) atoms. The van der Waals surface area contributed by atoms with Crippen LogP contribution in [0.15, 0.2) is 24.3 Å². The number of ether oxygens (including phenoxy) is 1. The molecule has 1 saturated carbocycles. The van der Waals surface area contributed by atoms with Crippen molar-refractivity contribution < 1.29 is 9.84 Å². The lowest BCUT2D eigenvalue weighted by Gasteiger charge is -2.44. The van der Waals surface area contributed by atoms with E-state index < -0.39 is 0 Å².